The van der Waals surface area contributed by atoms with Crippen LogP contribution in [-0.4, -0.2) is 30.2 Å². The molecule has 0 saturated carbocycles. The minimum atomic E-state index is 0.609. The molecule has 5 heteroatoms. The van der Waals surface area contributed by atoms with Gasteiger partial charge in [-0.25, -0.2) is 4.98 Å². The van der Waals surface area contributed by atoms with Gasteiger partial charge >= 0.3 is 0 Å². The molecule has 3 rings (SSSR count). The van der Waals surface area contributed by atoms with E-state index in [0.717, 1.165) is 35.7 Å². The first-order valence-electron chi connectivity index (χ1n) is 8.75. The van der Waals surface area contributed by atoms with E-state index < -0.39 is 0 Å². The Labute approximate surface area is 154 Å². The highest BCUT2D eigenvalue weighted by Crippen LogP contribution is 2.24. The van der Waals surface area contributed by atoms with E-state index in [2.05, 4.69) is 39.7 Å². The number of anilines is 3. The topological polar surface area (TPSA) is 59.1 Å². The summed E-state index contributed by atoms with van der Waals surface area (Å²) < 4.78 is 5.09. The van der Waals surface area contributed by atoms with E-state index in [-0.39, 0.29) is 0 Å². The third kappa shape index (κ3) is 5.04. The standard InChI is InChI=1S/C21H24N4O/c1-16-8-6-11-18(14-16)23-20-15-19(17-9-4-3-5-10-17)24-21(25-20)22-12-7-13-26-2/h3-6,8-11,14-15H,7,12-13H2,1-2H3,(H2,22,23,24,25). The van der Waals surface area contributed by atoms with Gasteiger partial charge in [0, 0.05) is 37.6 Å². The number of nitrogens with zero attached hydrogens (tertiary/aromatic N) is 2. The molecule has 0 aliphatic carbocycles. The summed E-state index contributed by atoms with van der Waals surface area (Å²) in [5, 5.41) is 6.67. The van der Waals surface area contributed by atoms with E-state index in [0.29, 0.717) is 12.6 Å². The number of aromatic nitrogens is 2. The summed E-state index contributed by atoms with van der Waals surface area (Å²) in [6.45, 7) is 3.54. The van der Waals surface area contributed by atoms with E-state index >= 15 is 0 Å². The highest BCUT2D eigenvalue weighted by Gasteiger charge is 2.07. The lowest BCUT2D eigenvalue weighted by molar-refractivity contribution is 0.197. The molecule has 0 aliphatic rings. The normalized spacial score (nSPS) is 10.5. The van der Waals surface area contributed by atoms with Crippen LogP contribution in [0.15, 0.2) is 60.7 Å². The van der Waals surface area contributed by atoms with Crippen molar-refractivity contribution in [2.45, 2.75) is 13.3 Å². The Morgan fingerprint density at radius 1 is 0.962 bits per heavy atom. The third-order valence-corrected chi connectivity index (χ3v) is 3.89. The Kier molecular flexibility index (Phi) is 6.17. The van der Waals surface area contributed by atoms with Crippen LogP contribution in [0.5, 0.6) is 0 Å². The van der Waals surface area contributed by atoms with Gasteiger partial charge in [0.25, 0.3) is 0 Å². The summed E-state index contributed by atoms with van der Waals surface area (Å²) in [5.41, 5.74) is 4.14. The molecule has 3 aromatic rings. The fourth-order valence-corrected chi connectivity index (χ4v) is 2.63. The van der Waals surface area contributed by atoms with Gasteiger partial charge in [0.2, 0.25) is 5.95 Å². The molecule has 26 heavy (non-hydrogen) atoms. The second-order valence-corrected chi connectivity index (χ2v) is 6.10. The first-order chi connectivity index (χ1) is 12.7. The second kappa shape index (κ2) is 8.97. The number of methoxy groups -OCH3 is 1. The predicted octanol–water partition coefficient (Wildman–Crippen LogP) is 4.64. The summed E-state index contributed by atoms with van der Waals surface area (Å²) in [7, 11) is 1.70. The number of aryl methyl sites for hydroxylation is 1. The molecular formula is C21H24N4O. The summed E-state index contributed by atoms with van der Waals surface area (Å²) in [6, 6.07) is 20.3. The Hall–Kier alpha value is -2.92. The first-order valence-corrected chi connectivity index (χ1v) is 8.75. The van der Waals surface area contributed by atoms with Crippen LogP contribution in [0.3, 0.4) is 0 Å². The van der Waals surface area contributed by atoms with Crippen LogP contribution < -0.4 is 10.6 Å². The van der Waals surface area contributed by atoms with E-state index in [9.17, 15) is 0 Å². The molecule has 0 atom stereocenters. The van der Waals surface area contributed by atoms with Crippen molar-refractivity contribution in [2.24, 2.45) is 0 Å². The Bertz CT molecular complexity index is 836. The van der Waals surface area contributed by atoms with Gasteiger partial charge < -0.3 is 15.4 Å². The highest BCUT2D eigenvalue weighted by atomic mass is 16.5. The molecule has 5 nitrogen and oxygen atoms in total. The first kappa shape index (κ1) is 17.9. The zero-order valence-electron chi connectivity index (χ0n) is 15.2. The lowest BCUT2D eigenvalue weighted by Gasteiger charge is -2.12. The minimum Gasteiger partial charge on any atom is -0.385 e. The molecule has 0 aliphatic heterocycles. The lowest BCUT2D eigenvalue weighted by atomic mass is 10.1. The molecule has 0 spiro atoms. The van der Waals surface area contributed by atoms with Gasteiger partial charge in [-0.2, -0.15) is 4.98 Å². The van der Waals surface area contributed by atoms with E-state index in [1.807, 2.05) is 48.5 Å². The number of benzene rings is 2. The Balaban J connectivity index is 1.86. The van der Waals surface area contributed by atoms with E-state index in [1.54, 1.807) is 7.11 Å². The van der Waals surface area contributed by atoms with Crippen molar-refractivity contribution in [2.75, 3.05) is 30.9 Å². The van der Waals surface area contributed by atoms with Gasteiger partial charge in [-0.3, -0.25) is 0 Å². The zero-order valence-corrected chi connectivity index (χ0v) is 15.2. The summed E-state index contributed by atoms with van der Waals surface area (Å²) >= 11 is 0. The number of hydrogen-bond acceptors (Lipinski definition) is 5. The number of nitrogens with one attached hydrogen (secondary N) is 2. The van der Waals surface area contributed by atoms with Crippen molar-refractivity contribution in [3.8, 4) is 11.3 Å². The van der Waals surface area contributed by atoms with E-state index in [4.69, 9.17) is 4.74 Å². The molecule has 1 heterocycles. The molecule has 0 radical (unpaired) electrons. The maximum atomic E-state index is 5.09. The summed E-state index contributed by atoms with van der Waals surface area (Å²) in [5.74, 6) is 1.37. The zero-order chi connectivity index (χ0) is 18.2. The minimum absolute atomic E-state index is 0.609. The average Bonchev–Trinajstić information content (AvgIpc) is 2.66. The number of rotatable bonds is 8. The fraction of sp³-hybridized carbons (Fsp3) is 0.238. The van der Waals surface area contributed by atoms with Crippen molar-refractivity contribution in [3.63, 3.8) is 0 Å². The SMILES string of the molecule is COCCCNc1nc(Nc2cccc(C)c2)cc(-c2ccccc2)n1. The molecule has 0 saturated heterocycles. The summed E-state index contributed by atoms with van der Waals surface area (Å²) in [4.78, 5) is 9.26. The van der Waals surface area contributed by atoms with Crippen LogP contribution in [0, 0.1) is 6.92 Å². The van der Waals surface area contributed by atoms with Crippen molar-refractivity contribution in [3.05, 3.63) is 66.2 Å². The predicted molar refractivity (Wildman–Crippen MR) is 107 cm³/mol. The summed E-state index contributed by atoms with van der Waals surface area (Å²) in [6.07, 6.45) is 0.899. The Morgan fingerprint density at radius 2 is 1.81 bits per heavy atom. The van der Waals surface area contributed by atoms with Crippen LogP contribution in [0.25, 0.3) is 11.3 Å². The smallest absolute Gasteiger partial charge is 0.225 e. The third-order valence-electron chi connectivity index (χ3n) is 3.89. The molecule has 0 fully saturated rings. The van der Waals surface area contributed by atoms with Crippen LogP contribution >= 0.6 is 0 Å². The number of hydrogen-bond donors (Lipinski definition) is 2. The Morgan fingerprint density at radius 3 is 2.58 bits per heavy atom. The van der Waals surface area contributed by atoms with Gasteiger partial charge in [-0.15, -0.1) is 0 Å². The quantitative estimate of drug-likeness (QED) is 0.581. The van der Waals surface area contributed by atoms with Crippen molar-refractivity contribution in [1.29, 1.82) is 0 Å². The molecule has 2 N–H and O–H groups in total. The fourth-order valence-electron chi connectivity index (χ4n) is 2.63. The van der Waals surface area contributed by atoms with Crippen LogP contribution in [0.1, 0.15) is 12.0 Å². The monoisotopic (exact) mass is 348 g/mol. The molecule has 1 aromatic heterocycles. The lowest BCUT2D eigenvalue weighted by Crippen LogP contribution is -2.09. The maximum absolute atomic E-state index is 5.09. The molecule has 2 aromatic carbocycles. The van der Waals surface area contributed by atoms with Gasteiger partial charge in [0.05, 0.1) is 5.69 Å². The van der Waals surface area contributed by atoms with Crippen LogP contribution in [0.2, 0.25) is 0 Å². The van der Waals surface area contributed by atoms with Gasteiger partial charge in [0.1, 0.15) is 5.82 Å². The molecule has 0 unspecified atom stereocenters. The van der Waals surface area contributed by atoms with Crippen molar-refractivity contribution in [1.82, 2.24) is 9.97 Å². The van der Waals surface area contributed by atoms with Crippen molar-refractivity contribution >= 4 is 17.5 Å². The van der Waals surface area contributed by atoms with Crippen LogP contribution in [-0.2, 0) is 4.74 Å². The molecule has 134 valence electrons. The maximum Gasteiger partial charge on any atom is 0.225 e. The second-order valence-electron chi connectivity index (χ2n) is 6.10. The van der Waals surface area contributed by atoms with E-state index in [1.165, 1.54) is 5.56 Å². The largest absolute Gasteiger partial charge is 0.385 e. The van der Waals surface area contributed by atoms with Crippen molar-refractivity contribution < 1.29 is 4.74 Å². The average molecular weight is 348 g/mol. The van der Waals surface area contributed by atoms with Gasteiger partial charge in [0.15, 0.2) is 0 Å². The molecule has 0 bridgehead atoms. The molecule has 0 amide bonds. The highest BCUT2D eigenvalue weighted by molar-refractivity contribution is 5.67. The number of ether oxygens (including phenoxy) is 1. The molecular weight excluding hydrogens is 324 g/mol. The van der Waals surface area contributed by atoms with Crippen LogP contribution in [0.4, 0.5) is 17.5 Å². The van der Waals surface area contributed by atoms with Gasteiger partial charge in [-0.1, -0.05) is 42.5 Å². The van der Waals surface area contributed by atoms with Gasteiger partial charge in [-0.05, 0) is 31.0 Å².